The van der Waals surface area contributed by atoms with Crippen LogP contribution in [0.2, 0.25) is 6.55 Å². The SMILES string of the molecule is C#CCCCO[Si]C. The molecule has 0 saturated heterocycles. The average molecular weight is 126 g/mol. The van der Waals surface area contributed by atoms with Gasteiger partial charge in [-0.15, -0.1) is 12.3 Å². The summed E-state index contributed by atoms with van der Waals surface area (Å²) in [5.74, 6) is 2.55. The molecule has 0 heterocycles. The van der Waals surface area contributed by atoms with E-state index < -0.39 is 0 Å². The molecule has 0 bridgehead atoms. The van der Waals surface area contributed by atoms with Crippen molar-refractivity contribution >= 4 is 9.76 Å². The lowest BCUT2D eigenvalue weighted by Crippen LogP contribution is -1.94. The standard InChI is InChI=1S/C6H10OSi/c1-3-4-5-6-7-8-2/h1H,4-6H2,2H3. The normalized spacial score (nSPS) is 8.50. The quantitative estimate of drug-likeness (QED) is 0.311. The van der Waals surface area contributed by atoms with Crippen LogP contribution in [0.3, 0.4) is 0 Å². The van der Waals surface area contributed by atoms with E-state index >= 15 is 0 Å². The summed E-state index contributed by atoms with van der Waals surface area (Å²) in [5, 5.41) is 0. The number of unbranched alkanes of at least 4 members (excludes halogenated alkanes) is 1. The zero-order valence-electron chi connectivity index (χ0n) is 5.11. The lowest BCUT2D eigenvalue weighted by atomic mass is 10.3. The summed E-state index contributed by atoms with van der Waals surface area (Å²) in [5.41, 5.74) is 0. The summed E-state index contributed by atoms with van der Waals surface area (Å²) in [6.45, 7) is 2.83. The Hall–Kier alpha value is -0.263. The van der Waals surface area contributed by atoms with Crippen LogP contribution in [0.4, 0.5) is 0 Å². The number of hydrogen-bond donors (Lipinski definition) is 0. The van der Waals surface area contributed by atoms with Crippen molar-refractivity contribution < 1.29 is 4.43 Å². The van der Waals surface area contributed by atoms with E-state index in [-0.39, 0.29) is 0 Å². The highest BCUT2D eigenvalue weighted by atomic mass is 28.2. The summed E-state index contributed by atoms with van der Waals surface area (Å²) in [4.78, 5) is 0. The zero-order chi connectivity index (χ0) is 6.24. The van der Waals surface area contributed by atoms with Gasteiger partial charge in [0.1, 0.15) is 0 Å². The van der Waals surface area contributed by atoms with E-state index in [1.54, 1.807) is 0 Å². The van der Waals surface area contributed by atoms with Gasteiger partial charge in [0, 0.05) is 13.0 Å². The molecule has 0 aliphatic rings. The molecule has 0 amide bonds. The van der Waals surface area contributed by atoms with Crippen LogP contribution < -0.4 is 0 Å². The molecule has 0 N–H and O–H groups in total. The molecule has 0 aliphatic carbocycles. The minimum atomic E-state index is 0.600. The summed E-state index contributed by atoms with van der Waals surface area (Å²) < 4.78 is 5.07. The van der Waals surface area contributed by atoms with Gasteiger partial charge >= 0.3 is 0 Å². The zero-order valence-corrected chi connectivity index (χ0v) is 6.11. The Bertz CT molecular complexity index is 75.1. The van der Waals surface area contributed by atoms with E-state index in [0.29, 0.717) is 9.76 Å². The molecule has 1 nitrogen and oxygen atoms in total. The van der Waals surface area contributed by atoms with Crippen molar-refractivity contribution in [1.29, 1.82) is 0 Å². The molecule has 0 unspecified atom stereocenters. The Kier molecular flexibility index (Phi) is 6.52. The van der Waals surface area contributed by atoms with Gasteiger partial charge in [0.05, 0.1) is 0 Å². The predicted molar refractivity (Wildman–Crippen MR) is 35.6 cm³/mol. The average Bonchev–Trinajstić information content (AvgIpc) is 1.81. The maximum absolute atomic E-state index is 5.07. The second-order valence-corrected chi connectivity index (χ2v) is 2.06. The van der Waals surface area contributed by atoms with Crippen LogP contribution in [0.15, 0.2) is 0 Å². The van der Waals surface area contributed by atoms with Crippen LogP contribution >= 0.6 is 0 Å². The summed E-state index contributed by atoms with van der Waals surface area (Å²) in [7, 11) is 0.600. The molecular formula is C6H10OSi. The molecule has 8 heavy (non-hydrogen) atoms. The Balaban J connectivity index is 2.65. The summed E-state index contributed by atoms with van der Waals surface area (Å²) in [6, 6.07) is 0. The number of terminal acetylenes is 1. The van der Waals surface area contributed by atoms with Gasteiger partial charge in [-0.2, -0.15) is 0 Å². The van der Waals surface area contributed by atoms with Gasteiger partial charge in [0.25, 0.3) is 0 Å². The van der Waals surface area contributed by atoms with Gasteiger partial charge in [-0.05, 0) is 13.0 Å². The second-order valence-electron chi connectivity index (χ2n) is 1.36. The van der Waals surface area contributed by atoms with Gasteiger partial charge in [0.15, 0.2) is 0 Å². The molecule has 0 saturated carbocycles. The van der Waals surface area contributed by atoms with Crippen LogP contribution in [0.1, 0.15) is 12.8 Å². The fraction of sp³-hybridized carbons (Fsp3) is 0.667. The third kappa shape index (κ3) is 5.74. The Labute approximate surface area is 53.4 Å². The van der Waals surface area contributed by atoms with Gasteiger partial charge in [0.2, 0.25) is 9.76 Å². The van der Waals surface area contributed by atoms with Crippen molar-refractivity contribution in [3.63, 3.8) is 0 Å². The summed E-state index contributed by atoms with van der Waals surface area (Å²) >= 11 is 0. The van der Waals surface area contributed by atoms with Crippen LogP contribution in [0.5, 0.6) is 0 Å². The lowest BCUT2D eigenvalue weighted by molar-refractivity contribution is 0.333. The molecule has 0 aromatic rings. The first kappa shape index (κ1) is 7.74. The van der Waals surface area contributed by atoms with E-state index in [1.165, 1.54) is 0 Å². The molecule has 0 aromatic heterocycles. The second kappa shape index (κ2) is 6.74. The van der Waals surface area contributed by atoms with Gasteiger partial charge in [-0.25, -0.2) is 0 Å². The van der Waals surface area contributed by atoms with Crippen LogP contribution in [-0.2, 0) is 4.43 Å². The van der Waals surface area contributed by atoms with Gasteiger partial charge < -0.3 is 4.43 Å². The monoisotopic (exact) mass is 126 g/mol. The van der Waals surface area contributed by atoms with Gasteiger partial charge in [-0.1, -0.05) is 0 Å². The fourth-order valence-corrected chi connectivity index (χ4v) is 0.697. The van der Waals surface area contributed by atoms with E-state index in [0.717, 1.165) is 19.4 Å². The Morgan fingerprint density at radius 3 is 3.00 bits per heavy atom. The minimum absolute atomic E-state index is 0.600. The first-order chi connectivity index (χ1) is 3.91. The highest BCUT2D eigenvalue weighted by Crippen LogP contribution is 1.85. The molecule has 2 heteroatoms. The first-order valence-corrected chi connectivity index (χ1v) is 4.04. The van der Waals surface area contributed by atoms with Crippen molar-refractivity contribution in [2.75, 3.05) is 6.61 Å². The molecule has 2 radical (unpaired) electrons. The van der Waals surface area contributed by atoms with Crippen LogP contribution in [0.25, 0.3) is 0 Å². The highest BCUT2D eigenvalue weighted by molar-refractivity contribution is 6.24. The first-order valence-electron chi connectivity index (χ1n) is 2.64. The molecular weight excluding hydrogens is 116 g/mol. The third-order valence-electron chi connectivity index (χ3n) is 0.712. The van der Waals surface area contributed by atoms with Crippen molar-refractivity contribution in [2.45, 2.75) is 19.4 Å². The third-order valence-corrected chi connectivity index (χ3v) is 1.20. The van der Waals surface area contributed by atoms with E-state index in [9.17, 15) is 0 Å². The molecule has 0 rings (SSSR count). The smallest absolute Gasteiger partial charge is 0.226 e. The largest absolute Gasteiger partial charge is 0.418 e. The highest BCUT2D eigenvalue weighted by Gasteiger charge is 1.81. The Morgan fingerprint density at radius 1 is 1.75 bits per heavy atom. The molecule has 0 spiro atoms. The molecule has 44 valence electrons. The van der Waals surface area contributed by atoms with Crippen molar-refractivity contribution in [3.8, 4) is 12.3 Å². The van der Waals surface area contributed by atoms with E-state index in [2.05, 4.69) is 5.92 Å². The van der Waals surface area contributed by atoms with Crippen LogP contribution in [-0.4, -0.2) is 16.4 Å². The molecule has 0 fully saturated rings. The van der Waals surface area contributed by atoms with Gasteiger partial charge in [-0.3, -0.25) is 0 Å². The maximum Gasteiger partial charge on any atom is 0.226 e. The summed E-state index contributed by atoms with van der Waals surface area (Å²) in [6.07, 6.45) is 6.84. The molecule has 0 aliphatic heterocycles. The Morgan fingerprint density at radius 2 is 2.50 bits per heavy atom. The van der Waals surface area contributed by atoms with Crippen LogP contribution in [0, 0.1) is 12.3 Å². The van der Waals surface area contributed by atoms with E-state index in [4.69, 9.17) is 10.8 Å². The number of hydrogen-bond acceptors (Lipinski definition) is 1. The van der Waals surface area contributed by atoms with Crippen molar-refractivity contribution in [2.24, 2.45) is 0 Å². The number of rotatable bonds is 4. The van der Waals surface area contributed by atoms with E-state index in [1.807, 2.05) is 6.55 Å². The lowest BCUT2D eigenvalue weighted by Gasteiger charge is -1.93. The molecule has 0 atom stereocenters. The fourth-order valence-electron chi connectivity index (χ4n) is 0.348. The molecule has 0 aromatic carbocycles. The van der Waals surface area contributed by atoms with Crippen molar-refractivity contribution in [1.82, 2.24) is 0 Å². The maximum atomic E-state index is 5.07. The predicted octanol–water partition coefficient (Wildman–Crippen LogP) is 1.08. The topological polar surface area (TPSA) is 9.23 Å². The van der Waals surface area contributed by atoms with Crippen molar-refractivity contribution in [3.05, 3.63) is 0 Å². The minimum Gasteiger partial charge on any atom is -0.418 e.